The quantitative estimate of drug-likeness (QED) is 0.126. The number of carbonyl (C=O) groups is 1. The molecule has 6 nitrogen and oxygen atoms in total. The van der Waals surface area contributed by atoms with Crippen LogP contribution in [-0.2, 0) is 24.1 Å². The smallest absolute Gasteiger partial charge is 0.306 e. The molecule has 0 radical (unpaired) electrons. The van der Waals surface area contributed by atoms with Crippen molar-refractivity contribution in [1.82, 2.24) is 4.98 Å². The highest BCUT2D eigenvalue weighted by molar-refractivity contribution is 6.04. The highest BCUT2D eigenvalue weighted by Gasteiger charge is 2.23. The highest BCUT2D eigenvalue weighted by atomic mass is 16.4. The number of fused-ring (bicyclic) bond motifs is 4. The van der Waals surface area contributed by atoms with Crippen molar-refractivity contribution in [3.05, 3.63) is 71.1 Å². The van der Waals surface area contributed by atoms with Gasteiger partial charge in [-0.25, -0.2) is 0 Å². The van der Waals surface area contributed by atoms with Crippen molar-refractivity contribution >= 4 is 33.6 Å². The average Bonchev–Trinajstić information content (AvgIpc) is 3.53. The number of rotatable bonds is 9. The van der Waals surface area contributed by atoms with Crippen LogP contribution in [0.5, 0.6) is 0 Å². The maximum absolute atomic E-state index is 11.9. The Hall–Kier alpha value is -3.54. The maximum atomic E-state index is 11.9. The lowest BCUT2D eigenvalue weighted by Gasteiger charge is -2.13. The van der Waals surface area contributed by atoms with Gasteiger partial charge in [-0.2, -0.15) is 0 Å². The summed E-state index contributed by atoms with van der Waals surface area (Å²) in [7, 11) is 0. The number of hydrogen-bond donors (Lipinski definition) is 3. The number of carboxylic acids is 1. The minimum Gasteiger partial charge on any atom is -0.481 e. The fourth-order valence-corrected chi connectivity index (χ4v) is 5.09. The molecule has 33 heavy (non-hydrogen) atoms. The minimum atomic E-state index is -0.860. The van der Waals surface area contributed by atoms with Gasteiger partial charge in [-0.3, -0.25) is 4.79 Å². The summed E-state index contributed by atoms with van der Waals surface area (Å²) in [5, 5.41) is 25.2. The molecular weight excluding hydrogens is 416 g/mol. The van der Waals surface area contributed by atoms with Gasteiger partial charge in [0.2, 0.25) is 0 Å². The van der Waals surface area contributed by atoms with Crippen LogP contribution < -0.4 is 0 Å². The van der Waals surface area contributed by atoms with Crippen molar-refractivity contribution in [3.63, 3.8) is 0 Å². The molecule has 1 atom stereocenters. The second kappa shape index (κ2) is 9.14. The first-order valence-corrected chi connectivity index (χ1v) is 11.7. The zero-order chi connectivity index (χ0) is 22.8. The predicted molar refractivity (Wildman–Crippen MR) is 128 cm³/mol. The largest absolute Gasteiger partial charge is 0.481 e. The van der Waals surface area contributed by atoms with Crippen molar-refractivity contribution in [2.24, 2.45) is 11.1 Å². The second-order valence-corrected chi connectivity index (χ2v) is 8.96. The lowest BCUT2D eigenvalue weighted by molar-refractivity contribution is -0.141. The number of para-hydroxylation sites is 1. The van der Waals surface area contributed by atoms with Crippen molar-refractivity contribution in [1.29, 1.82) is 0 Å². The number of nitrogens with one attached hydrogen (secondary N) is 1. The van der Waals surface area contributed by atoms with E-state index in [0.717, 1.165) is 60.8 Å². The number of hydrogen-bond acceptors (Lipinski definition) is 4. The summed E-state index contributed by atoms with van der Waals surface area (Å²) in [6.45, 7) is 0. The Kier molecular flexibility index (Phi) is 5.90. The molecule has 3 N–H and O–H groups in total. The molecule has 0 saturated heterocycles. The van der Waals surface area contributed by atoms with Crippen LogP contribution in [0.3, 0.4) is 0 Å². The van der Waals surface area contributed by atoms with E-state index in [1.54, 1.807) is 0 Å². The first-order valence-electron chi connectivity index (χ1n) is 11.7. The molecule has 2 heterocycles. The van der Waals surface area contributed by atoms with Crippen molar-refractivity contribution in [2.75, 3.05) is 0 Å². The normalized spacial score (nSPS) is 14.7. The minimum absolute atomic E-state index is 0.185. The lowest BCUT2D eigenvalue weighted by Crippen LogP contribution is -2.19. The molecule has 0 bridgehead atoms. The molecule has 0 aliphatic heterocycles. The van der Waals surface area contributed by atoms with Crippen LogP contribution in [0.1, 0.15) is 54.6 Å². The summed E-state index contributed by atoms with van der Waals surface area (Å²) in [6, 6.07) is 14.0. The van der Waals surface area contributed by atoms with Crippen LogP contribution >= 0.6 is 0 Å². The predicted octanol–water partition coefficient (Wildman–Crippen LogP) is 6.09. The summed E-state index contributed by atoms with van der Waals surface area (Å²) < 4.78 is 5.99. The molecule has 2 aromatic carbocycles. The number of aromatic nitrogens is 1. The zero-order valence-electron chi connectivity index (χ0n) is 18.5. The molecule has 4 aromatic rings. The number of aliphatic carboxylic acids is 1. The van der Waals surface area contributed by atoms with Gasteiger partial charge >= 0.3 is 5.97 Å². The summed E-state index contributed by atoms with van der Waals surface area (Å²) >= 11 is 0. The summed E-state index contributed by atoms with van der Waals surface area (Å²) in [4.78, 5) is 15.2. The van der Waals surface area contributed by atoms with Gasteiger partial charge in [0.1, 0.15) is 11.3 Å². The van der Waals surface area contributed by atoms with Gasteiger partial charge in [-0.1, -0.05) is 41.9 Å². The van der Waals surface area contributed by atoms with Gasteiger partial charge in [-0.15, -0.1) is 0 Å². The van der Waals surface area contributed by atoms with E-state index in [1.165, 1.54) is 16.5 Å². The fourth-order valence-electron chi connectivity index (χ4n) is 5.09. The molecular formula is C27H28N2O4. The Balaban J connectivity index is 1.22. The van der Waals surface area contributed by atoms with Crippen LogP contribution in [0.4, 0.5) is 0 Å². The van der Waals surface area contributed by atoms with Crippen LogP contribution in [0.25, 0.3) is 21.9 Å². The maximum Gasteiger partial charge on any atom is 0.306 e. The highest BCUT2D eigenvalue weighted by Crippen LogP contribution is 2.33. The van der Waals surface area contributed by atoms with Gasteiger partial charge in [0.15, 0.2) is 0 Å². The summed E-state index contributed by atoms with van der Waals surface area (Å²) in [5.74, 6) is -0.416. The molecule has 0 fully saturated rings. The first kappa shape index (κ1) is 21.3. The van der Waals surface area contributed by atoms with Crippen molar-refractivity contribution < 1.29 is 19.5 Å². The van der Waals surface area contributed by atoms with E-state index >= 15 is 0 Å². The third kappa shape index (κ3) is 4.25. The number of aromatic amines is 1. The Morgan fingerprint density at radius 1 is 1.12 bits per heavy atom. The van der Waals surface area contributed by atoms with E-state index in [4.69, 9.17) is 4.42 Å². The second-order valence-electron chi connectivity index (χ2n) is 8.96. The number of H-pyrrole nitrogens is 1. The Morgan fingerprint density at radius 2 is 2.00 bits per heavy atom. The molecule has 2 aromatic heterocycles. The van der Waals surface area contributed by atoms with Crippen molar-refractivity contribution in [3.8, 4) is 0 Å². The number of nitrogens with zero attached hydrogens (tertiary/aromatic N) is 1. The lowest BCUT2D eigenvalue weighted by atomic mass is 9.92. The van der Waals surface area contributed by atoms with E-state index in [1.807, 2.05) is 36.5 Å². The van der Waals surface area contributed by atoms with Crippen LogP contribution in [0.2, 0.25) is 0 Å². The zero-order valence-corrected chi connectivity index (χ0v) is 18.5. The van der Waals surface area contributed by atoms with E-state index in [-0.39, 0.29) is 6.42 Å². The van der Waals surface area contributed by atoms with E-state index in [2.05, 4.69) is 22.3 Å². The third-order valence-corrected chi connectivity index (χ3v) is 6.87. The number of aryl methyl sites for hydroxylation is 3. The Morgan fingerprint density at radius 3 is 2.85 bits per heavy atom. The molecule has 0 saturated carbocycles. The molecule has 0 amide bonds. The molecule has 6 heteroatoms. The first-order chi connectivity index (χ1) is 16.1. The van der Waals surface area contributed by atoms with Crippen molar-refractivity contribution in [2.45, 2.75) is 51.4 Å². The number of furan rings is 1. The molecule has 5 rings (SSSR count). The third-order valence-electron chi connectivity index (χ3n) is 6.87. The van der Waals surface area contributed by atoms with Gasteiger partial charge in [0.25, 0.3) is 0 Å². The number of benzene rings is 2. The molecule has 1 aliphatic carbocycles. The Bertz CT molecular complexity index is 1330. The number of unbranched alkanes of at least 4 members (excludes halogenated alkanes) is 1. The van der Waals surface area contributed by atoms with E-state index < -0.39 is 11.9 Å². The van der Waals surface area contributed by atoms with Gasteiger partial charge in [-0.05, 0) is 49.8 Å². The van der Waals surface area contributed by atoms with Crippen LogP contribution in [0, 0.1) is 5.92 Å². The van der Waals surface area contributed by atoms with E-state index in [0.29, 0.717) is 17.7 Å². The summed E-state index contributed by atoms with van der Waals surface area (Å²) in [5.41, 5.74) is 5.54. The van der Waals surface area contributed by atoms with Gasteiger partial charge in [0, 0.05) is 46.5 Å². The van der Waals surface area contributed by atoms with Gasteiger partial charge < -0.3 is 19.7 Å². The molecule has 0 spiro atoms. The standard InChI is InChI=1S/C27H28N2O4/c30-27(31)18(6-1-2-7-19-16-28-23-10-4-3-8-20(19)23)14-24(29-32)17-12-13-22-21-9-5-11-25(21)33-26(22)15-17/h3-4,8,10,12-13,15-16,18,28,32H,1-2,5-7,9,11,14H2,(H,30,31)/t18-/m1/s1. The summed E-state index contributed by atoms with van der Waals surface area (Å²) in [6.07, 6.45) is 8.46. The Labute approximate surface area is 191 Å². The van der Waals surface area contributed by atoms with Gasteiger partial charge in [0.05, 0.1) is 11.6 Å². The topological polar surface area (TPSA) is 98.8 Å². The monoisotopic (exact) mass is 444 g/mol. The molecule has 170 valence electrons. The fraction of sp³-hybridized carbons (Fsp3) is 0.333. The SMILES string of the molecule is O=C(O)[C@H](CCCCc1c[nH]c2ccccc12)CC(=NO)c1ccc2c3c(oc2c1)CCC3. The number of carboxylic acid groups (broad SMARTS) is 1. The van der Waals surface area contributed by atoms with Crippen LogP contribution in [0.15, 0.2) is 58.2 Å². The van der Waals surface area contributed by atoms with E-state index in [9.17, 15) is 15.1 Å². The average molecular weight is 445 g/mol. The number of oxime groups is 1. The van der Waals surface area contributed by atoms with Crippen LogP contribution in [-0.4, -0.2) is 27.0 Å². The molecule has 1 aliphatic rings. The molecule has 0 unspecified atom stereocenters.